The van der Waals surface area contributed by atoms with Gasteiger partial charge in [0.2, 0.25) is 0 Å². The standard InChI is InChI=1S/C17H20BrN5O.ClH/c18-13-4-6-14(7-5-13)23-16(12-2-3-12)15(20-21-23)17(24)22-10-1-8-19-9-11-22;/h4-7,12,19H,1-3,8-11H2;1H. The van der Waals surface area contributed by atoms with Gasteiger partial charge in [-0.3, -0.25) is 4.79 Å². The molecule has 0 unspecified atom stereocenters. The van der Waals surface area contributed by atoms with Crippen LogP contribution in [0.25, 0.3) is 5.69 Å². The molecule has 25 heavy (non-hydrogen) atoms. The van der Waals surface area contributed by atoms with E-state index in [4.69, 9.17) is 0 Å². The van der Waals surface area contributed by atoms with Gasteiger partial charge in [0.25, 0.3) is 5.91 Å². The number of benzene rings is 1. The van der Waals surface area contributed by atoms with Crippen molar-refractivity contribution >= 4 is 34.2 Å². The largest absolute Gasteiger partial charge is 0.336 e. The summed E-state index contributed by atoms with van der Waals surface area (Å²) in [5.41, 5.74) is 2.45. The van der Waals surface area contributed by atoms with Gasteiger partial charge in [0, 0.05) is 30.0 Å². The molecule has 2 aliphatic rings. The quantitative estimate of drug-likeness (QED) is 0.820. The number of hydrogen-bond acceptors (Lipinski definition) is 4. The molecule has 0 atom stereocenters. The highest BCUT2D eigenvalue weighted by Crippen LogP contribution is 2.42. The molecule has 1 saturated carbocycles. The van der Waals surface area contributed by atoms with Gasteiger partial charge in [0.15, 0.2) is 5.69 Å². The third-order valence-electron chi connectivity index (χ3n) is 4.57. The molecule has 1 saturated heterocycles. The van der Waals surface area contributed by atoms with E-state index >= 15 is 0 Å². The fourth-order valence-corrected chi connectivity index (χ4v) is 3.40. The molecule has 1 amide bonds. The lowest BCUT2D eigenvalue weighted by Crippen LogP contribution is -2.35. The minimum atomic E-state index is 0. The van der Waals surface area contributed by atoms with Crippen LogP contribution in [0.2, 0.25) is 0 Å². The summed E-state index contributed by atoms with van der Waals surface area (Å²) >= 11 is 3.45. The van der Waals surface area contributed by atoms with Crippen LogP contribution in [0.15, 0.2) is 28.7 Å². The summed E-state index contributed by atoms with van der Waals surface area (Å²) in [4.78, 5) is 14.9. The molecule has 1 N–H and O–H groups in total. The number of aromatic nitrogens is 3. The van der Waals surface area contributed by atoms with Gasteiger partial charge < -0.3 is 10.2 Å². The SMILES string of the molecule is Cl.O=C(c1nnn(-c2ccc(Br)cc2)c1C1CC1)N1CCCNCC1. The molecule has 2 heterocycles. The Morgan fingerprint density at radius 3 is 2.64 bits per heavy atom. The maximum atomic E-state index is 13.0. The van der Waals surface area contributed by atoms with E-state index in [-0.39, 0.29) is 18.3 Å². The monoisotopic (exact) mass is 425 g/mol. The van der Waals surface area contributed by atoms with Crippen molar-refractivity contribution in [1.82, 2.24) is 25.2 Å². The molecule has 0 bridgehead atoms. The molecule has 8 heteroatoms. The lowest BCUT2D eigenvalue weighted by molar-refractivity contribution is 0.0759. The second-order valence-corrected chi connectivity index (χ2v) is 7.30. The first-order valence-electron chi connectivity index (χ1n) is 8.45. The summed E-state index contributed by atoms with van der Waals surface area (Å²) < 4.78 is 2.86. The molecule has 1 aromatic heterocycles. The average molecular weight is 427 g/mol. The molecular weight excluding hydrogens is 406 g/mol. The molecule has 134 valence electrons. The third kappa shape index (κ3) is 3.88. The molecule has 6 nitrogen and oxygen atoms in total. The predicted molar refractivity (Wildman–Crippen MR) is 102 cm³/mol. The Kier molecular flexibility index (Phi) is 5.76. The second-order valence-electron chi connectivity index (χ2n) is 6.38. The minimum Gasteiger partial charge on any atom is -0.336 e. The Morgan fingerprint density at radius 1 is 1.16 bits per heavy atom. The van der Waals surface area contributed by atoms with Crippen molar-refractivity contribution in [3.05, 3.63) is 40.1 Å². The number of amides is 1. The van der Waals surface area contributed by atoms with Crippen LogP contribution in [0.1, 0.15) is 41.4 Å². The number of halogens is 2. The van der Waals surface area contributed by atoms with Gasteiger partial charge in [-0.1, -0.05) is 21.1 Å². The first-order valence-corrected chi connectivity index (χ1v) is 9.25. The number of carbonyl (C=O) groups is 1. The van der Waals surface area contributed by atoms with Gasteiger partial charge >= 0.3 is 0 Å². The highest BCUT2D eigenvalue weighted by molar-refractivity contribution is 9.10. The van der Waals surface area contributed by atoms with Crippen molar-refractivity contribution in [2.45, 2.75) is 25.2 Å². The summed E-state index contributed by atoms with van der Waals surface area (Å²) in [6.45, 7) is 3.31. The second kappa shape index (κ2) is 7.85. The number of rotatable bonds is 3. The first-order chi connectivity index (χ1) is 11.7. The molecule has 1 aliphatic carbocycles. The zero-order valence-corrected chi connectivity index (χ0v) is 16.2. The molecule has 0 spiro atoms. The van der Waals surface area contributed by atoms with Gasteiger partial charge in [-0.25, -0.2) is 4.68 Å². The molecule has 4 rings (SSSR count). The molecule has 2 fully saturated rings. The molecule has 0 radical (unpaired) electrons. The fourth-order valence-electron chi connectivity index (χ4n) is 3.14. The van der Waals surface area contributed by atoms with Gasteiger partial charge in [-0.15, -0.1) is 17.5 Å². The van der Waals surface area contributed by atoms with Gasteiger partial charge in [-0.2, -0.15) is 0 Å². The van der Waals surface area contributed by atoms with E-state index in [1.165, 1.54) is 0 Å². The Morgan fingerprint density at radius 2 is 1.92 bits per heavy atom. The number of carbonyl (C=O) groups excluding carboxylic acids is 1. The maximum Gasteiger partial charge on any atom is 0.276 e. The van der Waals surface area contributed by atoms with Crippen molar-refractivity contribution in [1.29, 1.82) is 0 Å². The van der Waals surface area contributed by atoms with Gasteiger partial charge in [-0.05, 0) is 50.1 Å². The molecule has 1 aliphatic heterocycles. The average Bonchev–Trinajstić information content (AvgIpc) is 3.39. The van der Waals surface area contributed by atoms with Crippen LogP contribution in [-0.4, -0.2) is 52.0 Å². The lowest BCUT2D eigenvalue weighted by Gasteiger charge is -2.19. The third-order valence-corrected chi connectivity index (χ3v) is 5.10. The smallest absolute Gasteiger partial charge is 0.276 e. The van der Waals surface area contributed by atoms with Crippen molar-refractivity contribution in [3.8, 4) is 5.69 Å². The first kappa shape index (κ1) is 18.4. The number of nitrogens with zero attached hydrogens (tertiary/aromatic N) is 4. The van der Waals surface area contributed by atoms with E-state index in [0.29, 0.717) is 11.6 Å². The van der Waals surface area contributed by atoms with E-state index in [9.17, 15) is 4.79 Å². The highest BCUT2D eigenvalue weighted by Gasteiger charge is 2.35. The molecule has 1 aromatic carbocycles. The predicted octanol–water partition coefficient (Wildman–Crippen LogP) is 2.76. The van der Waals surface area contributed by atoms with Crippen molar-refractivity contribution in [2.75, 3.05) is 26.2 Å². The van der Waals surface area contributed by atoms with E-state index in [1.807, 2.05) is 33.8 Å². The lowest BCUT2D eigenvalue weighted by atomic mass is 10.2. The highest BCUT2D eigenvalue weighted by atomic mass is 79.9. The summed E-state index contributed by atoms with van der Waals surface area (Å²) in [7, 11) is 0. The maximum absolute atomic E-state index is 13.0. The van der Waals surface area contributed by atoms with Crippen molar-refractivity contribution in [2.24, 2.45) is 0 Å². The van der Waals surface area contributed by atoms with Crippen LogP contribution >= 0.6 is 28.3 Å². The van der Waals surface area contributed by atoms with Crippen LogP contribution in [0, 0.1) is 0 Å². The van der Waals surface area contributed by atoms with E-state index in [1.54, 1.807) is 0 Å². The van der Waals surface area contributed by atoms with Crippen LogP contribution in [0.5, 0.6) is 0 Å². The zero-order chi connectivity index (χ0) is 16.5. The molecular formula is C17H21BrClN5O. The van der Waals surface area contributed by atoms with Crippen molar-refractivity contribution in [3.63, 3.8) is 0 Å². The van der Waals surface area contributed by atoms with Gasteiger partial charge in [0.05, 0.1) is 11.4 Å². The van der Waals surface area contributed by atoms with E-state index in [0.717, 1.165) is 61.3 Å². The Bertz CT molecular complexity index is 736. The Labute approximate surface area is 161 Å². The normalized spacial score (nSPS) is 17.7. The molecule has 2 aromatic rings. The number of hydrogen-bond donors (Lipinski definition) is 1. The van der Waals surface area contributed by atoms with E-state index in [2.05, 4.69) is 31.6 Å². The summed E-state index contributed by atoms with van der Waals surface area (Å²) in [6, 6.07) is 7.95. The summed E-state index contributed by atoms with van der Waals surface area (Å²) in [6.07, 6.45) is 3.18. The van der Waals surface area contributed by atoms with Crippen LogP contribution in [0.4, 0.5) is 0 Å². The van der Waals surface area contributed by atoms with Crippen LogP contribution in [-0.2, 0) is 0 Å². The zero-order valence-electron chi connectivity index (χ0n) is 13.8. The minimum absolute atomic E-state index is 0. The fraction of sp³-hybridized carbons (Fsp3) is 0.471. The summed E-state index contributed by atoms with van der Waals surface area (Å²) in [5.74, 6) is 0.414. The van der Waals surface area contributed by atoms with Gasteiger partial charge in [0.1, 0.15) is 0 Å². The Balaban J connectivity index is 0.00000182. The topological polar surface area (TPSA) is 63.1 Å². The summed E-state index contributed by atoms with van der Waals surface area (Å²) in [5, 5.41) is 11.9. The van der Waals surface area contributed by atoms with Crippen LogP contribution < -0.4 is 5.32 Å². The van der Waals surface area contributed by atoms with Crippen molar-refractivity contribution < 1.29 is 4.79 Å². The Hall–Kier alpha value is -1.44. The van der Waals surface area contributed by atoms with E-state index < -0.39 is 0 Å². The van der Waals surface area contributed by atoms with Crippen LogP contribution in [0.3, 0.4) is 0 Å². The number of nitrogens with one attached hydrogen (secondary N) is 1.